The summed E-state index contributed by atoms with van der Waals surface area (Å²) >= 11 is 0. The number of amides is 2. The zero-order valence-electron chi connectivity index (χ0n) is 16.1. The van der Waals surface area contributed by atoms with Gasteiger partial charge < -0.3 is 16.0 Å². The van der Waals surface area contributed by atoms with Crippen LogP contribution in [0.5, 0.6) is 0 Å². The van der Waals surface area contributed by atoms with Crippen LogP contribution >= 0.6 is 0 Å². The van der Waals surface area contributed by atoms with Gasteiger partial charge in [0.2, 0.25) is 5.91 Å². The van der Waals surface area contributed by atoms with E-state index in [4.69, 9.17) is 5.73 Å². The second kappa shape index (κ2) is 9.60. The second-order valence-electron chi connectivity index (χ2n) is 7.38. The first-order valence-corrected chi connectivity index (χ1v) is 9.76. The van der Waals surface area contributed by atoms with Crippen LogP contribution in [-0.4, -0.2) is 41.9 Å². The predicted octanol–water partition coefficient (Wildman–Crippen LogP) is 2.65. The van der Waals surface area contributed by atoms with Crippen molar-refractivity contribution in [2.45, 2.75) is 37.8 Å². The van der Waals surface area contributed by atoms with Crippen LogP contribution in [0.4, 0.5) is 8.78 Å². The van der Waals surface area contributed by atoms with Crippen LogP contribution in [0.15, 0.2) is 48.5 Å². The maximum absolute atomic E-state index is 13.3. The van der Waals surface area contributed by atoms with E-state index in [-0.39, 0.29) is 30.7 Å². The van der Waals surface area contributed by atoms with Gasteiger partial charge in [0.15, 0.2) is 11.6 Å². The minimum atomic E-state index is -0.921. The average molecular weight is 401 g/mol. The molecule has 0 radical (unpaired) electrons. The molecule has 29 heavy (non-hydrogen) atoms. The van der Waals surface area contributed by atoms with Crippen molar-refractivity contribution in [3.05, 3.63) is 71.3 Å². The zero-order valence-corrected chi connectivity index (χ0v) is 16.1. The first-order valence-electron chi connectivity index (χ1n) is 9.76. The number of likely N-dealkylation sites (tertiary alicyclic amines) is 1. The fourth-order valence-corrected chi connectivity index (χ4v) is 3.66. The van der Waals surface area contributed by atoms with Gasteiger partial charge >= 0.3 is 0 Å². The van der Waals surface area contributed by atoms with Crippen LogP contribution in [0.1, 0.15) is 35.2 Å². The predicted molar refractivity (Wildman–Crippen MR) is 106 cm³/mol. The summed E-state index contributed by atoms with van der Waals surface area (Å²) in [6.07, 6.45) is 2.09. The van der Waals surface area contributed by atoms with E-state index in [0.29, 0.717) is 24.2 Å². The van der Waals surface area contributed by atoms with Crippen LogP contribution in [0.25, 0.3) is 0 Å². The van der Waals surface area contributed by atoms with Gasteiger partial charge in [0.25, 0.3) is 5.91 Å². The minimum Gasteiger partial charge on any atom is -0.350 e. The zero-order chi connectivity index (χ0) is 20.8. The number of carbonyl (C=O) groups excluding carboxylic acids is 2. The Morgan fingerprint density at radius 3 is 2.62 bits per heavy atom. The SMILES string of the molecule is N[C@@H](CC(=O)N1CCC[C@H]1CNC(=O)c1ccccc1)Cc1ccc(F)c(F)c1. The molecule has 0 bridgehead atoms. The van der Waals surface area contributed by atoms with Crippen molar-refractivity contribution in [2.75, 3.05) is 13.1 Å². The Labute approximate surface area is 168 Å². The summed E-state index contributed by atoms with van der Waals surface area (Å²) < 4.78 is 26.4. The molecule has 0 aromatic heterocycles. The highest BCUT2D eigenvalue weighted by atomic mass is 19.2. The van der Waals surface area contributed by atoms with Crippen LogP contribution in [0, 0.1) is 11.6 Å². The Balaban J connectivity index is 1.51. The Hall–Kier alpha value is -2.80. The van der Waals surface area contributed by atoms with Crippen molar-refractivity contribution in [1.29, 1.82) is 0 Å². The number of benzene rings is 2. The van der Waals surface area contributed by atoms with Crippen molar-refractivity contribution < 1.29 is 18.4 Å². The van der Waals surface area contributed by atoms with Gasteiger partial charge in [0, 0.05) is 37.2 Å². The van der Waals surface area contributed by atoms with E-state index < -0.39 is 17.7 Å². The summed E-state index contributed by atoms with van der Waals surface area (Å²) in [5.41, 5.74) is 7.21. The highest BCUT2D eigenvalue weighted by Crippen LogP contribution is 2.19. The van der Waals surface area contributed by atoms with E-state index in [0.717, 1.165) is 25.0 Å². The van der Waals surface area contributed by atoms with Crippen LogP contribution < -0.4 is 11.1 Å². The summed E-state index contributed by atoms with van der Waals surface area (Å²) in [7, 11) is 0. The smallest absolute Gasteiger partial charge is 0.251 e. The number of nitrogens with zero attached hydrogens (tertiary/aromatic N) is 1. The number of nitrogens with one attached hydrogen (secondary N) is 1. The van der Waals surface area contributed by atoms with Crippen LogP contribution in [0.3, 0.4) is 0 Å². The number of carbonyl (C=O) groups is 2. The molecule has 2 atom stereocenters. The van der Waals surface area contributed by atoms with Crippen molar-refractivity contribution >= 4 is 11.8 Å². The Bertz CT molecular complexity index is 860. The summed E-state index contributed by atoms with van der Waals surface area (Å²) in [4.78, 5) is 26.7. The molecule has 1 saturated heterocycles. The van der Waals surface area contributed by atoms with Gasteiger partial charge in [0.1, 0.15) is 0 Å². The first kappa shape index (κ1) is 20.9. The van der Waals surface area contributed by atoms with E-state index in [9.17, 15) is 18.4 Å². The summed E-state index contributed by atoms with van der Waals surface area (Å²) in [5, 5.41) is 2.89. The van der Waals surface area contributed by atoms with Crippen molar-refractivity contribution in [1.82, 2.24) is 10.2 Å². The molecule has 3 N–H and O–H groups in total. The van der Waals surface area contributed by atoms with Gasteiger partial charge in [-0.2, -0.15) is 0 Å². The third-order valence-corrected chi connectivity index (χ3v) is 5.15. The molecule has 1 fully saturated rings. The third kappa shape index (κ3) is 5.60. The Morgan fingerprint density at radius 1 is 1.14 bits per heavy atom. The van der Waals surface area contributed by atoms with Crippen molar-refractivity contribution in [3.63, 3.8) is 0 Å². The number of nitrogens with two attached hydrogens (primary N) is 1. The van der Waals surface area contributed by atoms with Crippen molar-refractivity contribution in [2.24, 2.45) is 5.73 Å². The van der Waals surface area contributed by atoms with Gasteiger partial charge in [-0.3, -0.25) is 9.59 Å². The fraction of sp³-hybridized carbons (Fsp3) is 0.364. The van der Waals surface area contributed by atoms with E-state index in [1.807, 2.05) is 6.07 Å². The molecule has 154 valence electrons. The van der Waals surface area contributed by atoms with E-state index in [1.54, 1.807) is 29.2 Å². The minimum absolute atomic E-state index is 0.0642. The topological polar surface area (TPSA) is 75.4 Å². The van der Waals surface area contributed by atoms with E-state index in [2.05, 4.69) is 5.32 Å². The summed E-state index contributed by atoms with van der Waals surface area (Å²) in [6, 6.07) is 12.0. The number of hydrogen-bond acceptors (Lipinski definition) is 3. The molecule has 5 nitrogen and oxygen atoms in total. The van der Waals surface area contributed by atoms with E-state index in [1.165, 1.54) is 6.07 Å². The van der Waals surface area contributed by atoms with Crippen LogP contribution in [0.2, 0.25) is 0 Å². The lowest BCUT2D eigenvalue weighted by molar-refractivity contribution is -0.132. The molecule has 0 unspecified atom stereocenters. The molecule has 1 heterocycles. The molecule has 2 aromatic rings. The van der Waals surface area contributed by atoms with E-state index >= 15 is 0 Å². The standard InChI is InChI=1S/C22H25F2N3O2/c23-19-9-8-15(12-20(19)24)11-17(25)13-21(28)27-10-4-7-18(27)14-26-22(29)16-5-2-1-3-6-16/h1-3,5-6,8-9,12,17-18H,4,7,10-11,13-14,25H2,(H,26,29)/t17-,18+/m1/s1. The molecule has 0 aliphatic carbocycles. The number of rotatable bonds is 7. The van der Waals surface area contributed by atoms with Gasteiger partial charge in [-0.15, -0.1) is 0 Å². The van der Waals surface area contributed by atoms with Gasteiger partial charge in [-0.05, 0) is 49.1 Å². The normalized spacial score (nSPS) is 17.2. The summed E-state index contributed by atoms with van der Waals surface area (Å²) in [5.74, 6) is -2.08. The van der Waals surface area contributed by atoms with Crippen molar-refractivity contribution in [3.8, 4) is 0 Å². The maximum atomic E-state index is 13.3. The third-order valence-electron chi connectivity index (χ3n) is 5.15. The molecule has 0 spiro atoms. The lowest BCUT2D eigenvalue weighted by atomic mass is 10.0. The van der Waals surface area contributed by atoms with Gasteiger partial charge in [-0.1, -0.05) is 24.3 Å². The fourth-order valence-electron chi connectivity index (χ4n) is 3.66. The monoisotopic (exact) mass is 401 g/mol. The molecule has 2 amide bonds. The summed E-state index contributed by atoms with van der Waals surface area (Å²) in [6.45, 7) is 1.01. The Kier molecular flexibility index (Phi) is 6.93. The molecular weight excluding hydrogens is 376 g/mol. The largest absolute Gasteiger partial charge is 0.350 e. The molecular formula is C22H25F2N3O2. The molecule has 1 aliphatic rings. The van der Waals surface area contributed by atoms with Crippen LogP contribution in [-0.2, 0) is 11.2 Å². The first-order chi connectivity index (χ1) is 13.9. The maximum Gasteiger partial charge on any atom is 0.251 e. The quantitative estimate of drug-likeness (QED) is 0.749. The molecule has 1 aliphatic heterocycles. The molecule has 7 heteroatoms. The molecule has 2 aromatic carbocycles. The van der Waals surface area contributed by atoms with Gasteiger partial charge in [-0.25, -0.2) is 8.78 Å². The molecule has 3 rings (SSSR count). The highest BCUT2D eigenvalue weighted by molar-refractivity contribution is 5.94. The lowest BCUT2D eigenvalue weighted by Crippen LogP contribution is -2.45. The highest BCUT2D eigenvalue weighted by Gasteiger charge is 2.29. The second-order valence-corrected chi connectivity index (χ2v) is 7.38. The Morgan fingerprint density at radius 2 is 1.90 bits per heavy atom. The number of hydrogen-bond donors (Lipinski definition) is 2. The number of halogens is 2. The van der Waals surface area contributed by atoms with Gasteiger partial charge in [0.05, 0.1) is 0 Å². The molecule has 0 saturated carbocycles. The lowest BCUT2D eigenvalue weighted by Gasteiger charge is -2.26. The average Bonchev–Trinajstić information content (AvgIpc) is 3.18.